The van der Waals surface area contributed by atoms with Gasteiger partial charge in [0.1, 0.15) is 24.2 Å². The highest BCUT2D eigenvalue weighted by atomic mass is 16.5. The lowest BCUT2D eigenvalue weighted by atomic mass is 9.85. The summed E-state index contributed by atoms with van der Waals surface area (Å²) in [6, 6.07) is 17.6. The van der Waals surface area contributed by atoms with E-state index in [9.17, 15) is 5.11 Å². The topological polar surface area (TPSA) is 38.7 Å². The van der Waals surface area contributed by atoms with Gasteiger partial charge in [-0.3, -0.25) is 0 Å². The zero-order valence-corrected chi connectivity index (χ0v) is 13.7. The molecule has 1 aliphatic rings. The maximum atomic E-state index is 10.1. The molecule has 2 atom stereocenters. The molecule has 3 heteroatoms. The van der Waals surface area contributed by atoms with Gasteiger partial charge >= 0.3 is 0 Å². The number of aliphatic hydroxyl groups excluding tert-OH is 1. The molecule has 125 valence electrons. The van der Waals surface area contributed by atoms with Gasteiger partial charge in [0.05, 0.1) is 6.10 Å². The fourth-order valence-corrected chi connectivity index (χ4v) is 2.85. The van der Waals surface area contributed by atoms with Crippen LogP contribution in [0.3, 0.4) is 0 Å². The molecule has 0 aromatic heterocycles. The standard InChI is InChI=1S/C21H23O3/c1-2-16-8-13-20(22)21(14-16)24-19-11-9-18(10-12-19)23-15-17-6-4-3-5-7-17/h2-7,9-12,20-22H,1,8,13-15H2. The molecule has 2 aromatic rings. The Hall–Kier alpha value is -2.26. The van der Waals surface area contributed by atoms with E-state index in [0.717, 1.165) is 36.3 Å². The van der Waals surface area contributed by atoms with Gasteiger partial charge in [0.2, 0.25) is 0 Å². The Morgan fingerprint density at radius 2 is 1.75 bits per heavy atom. The lowest BCUT2D eigenvalue weighted by Gasteiger charge is -2.31. The van der Waals surface area contributed by atoms with Crippen LogP contribution in [0, 0.1) is 5.92 Å². The molecule has 0 heterocycles. The van der Waals surface area contributed by atoms with Crippen molar-refractivity contribution in [1.29, 1.82) is 0 Å². The fourth-order valence-electron chi connectivity index (χ4n) is 2.85. The van der Waals surface area contributed by atoms with Crippen molar-refractivity contribution in [2.75, 3.05) is 0 Å². The quantitative estimate of drug-likeness (QED) is 0.860. The van der Waals surface area contributed by atoms with Crippen LogP contribution in [0.5, 0.6) is 11.5 Å². The van der Waals surface area contributed by atoms with Crippen LogP contribution in [0.4, 0.5) is 0 Å². The summed E-state index contributed by atoms with van der Waals surface area (Å²) in [5.74, 6) is 2.79. The molecule has 0 saturated heterocycles. The van der Waals surface area contributed by atoms with E-state index in [2.05, 4.69) is 6.58 Å². The van der Waals surface area contributed by atoms with Crippen molar-refractivity contribution in [3.8, 4) is 11.5 Å². The summed E-state index contributed by atoms with van der Waals surface area (Å²) in [6.07, 6.45) is 3.60. The second-order valence-corrected chi connectivity index (χ2v) is 6.07. The summed E-state index contributed by atoms with van der Waals surface area (Å²) in [5.41, 5.74) is 1.13. The zero-order valence-electron chi connectivity index (χ0n) is 13.7. The summed E-state index contributed by atoms with van der Waals surface area (Å²) in [5, 5.41) is 10.1. The van der Waals surface area contributed by atoms with Crippen molar-refractivity contribution in [2.24, 2.45) is 0 Å². The molecule has 1 radical (unpaired) electrons. The second-order valence-electron chi connectivity index (χ2n) is 6.07. The Balaban J connectivity index is 1.55. The van der Waals surface area contributed by atoms with Gasteiger partial charge < -0.3 is 14.6 Å². The number of rotatable bonds is 6. The minimum Gasteiger partial charge on any atom is -0.489 e. The van der Waals surface area contributed by atoms with E-state index in [1.54, 1.807) is 0 Å². The molecule has 2 unspecified atom stereocenters. The number of hydrogen-bond acceptors (Lipinski definition) is 3. The molecule has 1 saturated carbocycles. The van der Waals surface area contributed by atoms with Crippen molar-refractivity contribution in [3.05, 3.63) is 78.7 Å². The second kappa shape index (κ2) is 8.02. The smallest absolute Gasteiger partial charge is 0.125 e. The monoisotopic (exact) mass is 323 g/mol. The first kappa shape index (κ1) is 16.6. The lowest BCUT2D eigenvalue weighted by molar-refractivity contribution is 0.0148. The average Bonchev–Trinajstić information content (AvgIpc) is 2.64. The third-order valence-electron chi connectivity index (χ3n) is 4.30. The van der Waals surface area contributed by atoms with E-state index in [1.165, 1.54) is 5.92 Å². The van der Waals surface area contributed by atoms with E-state index < -0.39 is 6.10 Å². The van der Waals surface area contributed by atoms with E-state index in [4.69, 9.17) is 9.47 Å². The first-order valence-corrected chi connectivity index (χ1v) is 8.33. The molecule has 2 aromatic carbocycles. The van der Waals surface area contributed by atoms with E-state index in [0.29, 0.717) is 6.61 Å². The molecule has 3 rings (SSSR count). The van der Waals surface area contributed by atoms with Crippen LogP contribution < -0.4 is 9.47 Å². The molecule has 0 amide bonds. The number of benzene rings is 2. The van der Waals surface area contributed by atoms with Crippen LogP contribution in [0.1, 0.15) is 24.8 Å². The normalized spacial score (nSPS) is 21.2. The van der Waals surface area contributed by atoms with Crippen molar-refractivity contribution in [1.82, 2.24) is 0 Å². The van der Waals surface area contributed by atoms with Crippen LogP contribution >= 0.6 is 0 Å². The first-order valence-electron chi connectivity index (χ1n) is 8.33. The van der Waals surface area contributed by atoms with Crippen molar-refractivity contribution in [2.45, 2.75) is 38.1 Å². The van der Waals surface area contributed by atoms with E-state index in [-0.39, 0.29) is 6.10 Å². The highest BCUT2D eigenvalue weighted by Crippen LogP contribution is 2.30. The van der Waals surface area contributed by atoms with Crippen LogP contribution in [-0.4, -0.2) is 17.3 Å². The molecule has 24 heavy (non-hydrogen) atoms. The fraction of sp³-hybridized carbons (Fsp3) is 0.286. The SMILES string of the molecule is C=C[C]1CCC(O)C(Oc2ccc(OCc3ccccc3)cc2)C1. The van der Waals surface area contributed by atoms with Gasteiger partial charge in [0.15, 0.2) is 0 Å². The van der Waals surface area contributed by atoms with E-state index >= 15 is 0 Å². The maximum absolute atomic E-state index is 10.1. The number of aliphatic hydroxyl groups is 1. The molecular formula is C21H23O3. The Morgan fingerprint density at radius 1 is 1.04 bits per heavy atom. The zero-order chi connectivity index (χ0) is 16.8. The van der Waals surface area contributed by atoms with E-state index in [1.807, 2.05) is 60.7 Å². The molecule has 0 aliphatic heterocycles. The number of allylic oxidation sites excluding steroid dienone is 1. The molecule has 0 spiro atoms. The largest absolute Gasteiger partial charge is 0.489 e. The van der Waals surface area contributed by atoms with Gasteiger partial charge in [-0.25, -0.2) is 0 Å². The highest BCUT2D eigenvalue weighted by molar-refractivity contribution is 5.32. The van der Waals surface area contributed by atoms with Crippen LogP contribution in [-0.2, 0) is 6.61 Å². The minimum absolute atomic E-state index is 0.206. The third kappa shape index (κ3) is 4.39. The summed E-state index contributed by atoms with van der Waals surface area (Å²) in [7, 11) is 0. The van der Waals surface area contributed by atoms with Crippen molar-refractivity contribution < 1.29 is 14.6 Å². The Morgan fingerprint density at radius 3 is 2.46 bits per heavy atom. The van der Waals surface area contributed by atoms with Gasteiger partial charge in [0, 0.05) is 5.92 Å². The molecule has 3 nitrogen and oxygen atoms in total. The van der Waals surface area contributed by atoms with Crippen molar-refractivity contribution in [3.63, 3.8) is 0 Å². The van der Waals surface area contributed by atoms with Crippen molar-refractivity contribution >= 4 is 0 Å². The van der Waals surface area contributed by atoms with Crippen LogP contribution in [0.15, 0.2) is 67.3 Å². The minimum atomic E-state index is -0.428. The predicted molar refractivity (Wildman–Crippen MR) is 94.9 cm³/mol. The summed E-state index contributed by atoms with van der Waals surface area (Å²) in [4.78, 5) is 0. The van der Waals surface area contributed by atoms with Crippen LogP contribution in [0.2, 0.25) is 0 Å². The molecule has 1 N–H and O–H groups in total. The van der Waals surface area contributed by atoms with Gasteiger partial charge in [-0.05, 0) is 49.1 Å². The average molecular weight is 323 g/mol. The molecule has 1 aliphatic carbocycles. The summed E-state index contributed by atoms with van der Waals surface area (Å²) < 4.78 is 11.7. The van der Waals surface area contributed by atoms with Gasteiger partial charge in [-0.2, -0.15) is 0 Å². The molecule has 1 fully saturated rings. The summed E-state index contributed by atoms with van der Waals surface area (Å²) >= 11 is 0. The van der Waals surface area contributed by atoms with Gasteiger partial charge in [0.25, 0.3) is 0 Å². The summed E-state index contributed by atoms with van der Waals surface area (Å²) in [6.45, 7) is 4.36. The number of hydrogen-bond donors (Lipinski definition) is 1. The Kier molecular flexibility index (Phi) is 5.55. The first-order chi connectivity index (χ1) is 11.7. The van der Waals surface area contributed by atoms with Gasteiger partial charge in [-0.15, -0.1) is 6.58 Å². The third-order valence-corrected chi connectivity index (χ3v) is 4.30. The maximum Gasteiger partial charge on any atom is 0.125 e. The molecular weight excluding hydrogens is 300 g/mol. The van der Waals surface area contributed by atoms with Gasteiger partial charge in [-0.1, -0.05) is 36.4 Å². The number of ether oxygens (including phenoxy) is 2. The Bertz CT molecular complexity index is 636. The lowest BCUT2D eigenvalue weighted by Crippen LogP contribution is -2.37. The van der Waals surface area contributed by atoms with Crippen LogP contribution in [0.25, 0.3) is 0 Å². The predicted octanol–water partition coefficient (Wildman–Crippen LogP) is 4.32. The highest BCUT2D eigenvalue weighted by Gasteiger charge is 2.29. The Labute approximate surface area is 143 Å². The molecule has 0 bridgehead atoms.